The van der Waals surface area contributed by atoms with Crippen LogP contribution < -0.4 is 56.1 Å². The molecule has 0 fully saturated rings. The molecule has 0 unspecified atom stereocenters. The van der Waals surface area contributed by atoms with Gasteiger partial charge in [0.2, 0.25) is 0 Å². The number of nitro groups is 1. The van der Waals surface area contributed by atoms with E-state index in [9.17, 15) is 23.1 Å². The summed E-state index contributed by atoms with van der Waals surface area (Å²) in [5.41, 5.74) is 0.575. The van der Waals surface area contributed by atoms with Crippen LogP contribution in [-0.2, 0) is 0 Å². The standard InChI is InChI=1S/C9H10BF3NO3.K/c1-6-3-7(2)9(4-8(6)14(15)16)17-5-10(11,12)13;/h3-4H,5H2,1-2H3;/q-1;+1. The third-order valence-electron chi connectivity index (χ3n) is 2.12. The average molecular weight is 287 g/mol. The molecule has 0 aromatic heterocycles. The van der Waals surface area contributed by atoms with Gasteiger partial charge in [-0.3, -0.25) is 10.1 Å². The minimum atomic E-state index is -5.07. The second kappa shape index (κ2) is 6.90. The molecule has 94 valence electrons. The summed E-state index contributed by atoms with van der Waals surface area (Å²) < 4.78 is 40.6. The van der Waals surface area contributed by atoms with Crippen LogP contribution in [-0.4, -0.2) is 18.4 Å². The van der Waals surface area contributed by atoms with E-state index in [0.717, 1.165) is 6.07 Å². The van der Waals surface area contributed by atoms with Crippen molar-refractivity contribution in [3.05, 3.63) is 33.4 Å². The molecule has 9 heteroatoms. The summed E-state index contributed by atoms with van der Waals surface area (Å²) in [4.78, 5) is 9.97. The van der Waals surface area contributed by atoms with E-state index in [-0.39, 0.29) is 62.8 Å². The summed E-state index contributed by atoms with van der Waals surface area (Å²) in [6.45, 7) is -3.42. The van der Waals surface area contributed by atoms with Crippen molar-refractivity contribution in [3.63, 3.8) is 0 Å². The molecule has 0 bridgehead atoms. The van der Waals surface area contributed by atoms with Crippen LogP contribution in [0.15, 0.2) is 12.1 Å². The molecule has 0 saturated heterocycles. The summed E-state index contributed by atoms with van der Waals surface area (Å²) in [6.07, 6.45) is 0. The summed E-state index contributed by atoms with van der Waals surface area (Å²) in [5, 5.41) is 10.6. The van der Waals surface area contributed by atoms with Crippen molar-refractivity contribution in [2.45, 2.75) is 13.8 Å². The van der Waals surface area contributed by atoms with Crippen molar-refractivity contribution in [2.75, 3.05) is 6.51 Å². The van der Waals surface area contributed by atoms with Gasteiger partial charge in [-0.15, -0.1) is 0 Å². The first-order chi connectivity index (χ1) is 7.70. The third-order valence-corrected chi connectivity index (χ3v) is 2.12. The molecule has 0 N–H and O–H groups in total. The number of nitrogens with zero attached hydrogens (tertiary/aromatic N) is 1. The monoisotopic (exact) mass is 287 g/mol. The number of hydrogen-bond acceptors (Lipinski definition) is 3. The number of ether oxygens (including phenoxy) is 1. The molecule has 0 amide bonds. The van der Waals surface area contributed by atoms with E-state index in [1.54, 1.807) is 0 Å². The molecule has 1 rings (SSSR count). The summed E-state index contributed by atoms with van der Waals surface area (Å²) >= 11 is 0. The fraction of sp³-hybridized carbons (Fsp3) is 0.333. The maximum absolute atomic E-state index is 12.0. The van der Waals surface area contributed by atoms with E-state index in [0.29, 0.717) is 11.1 Å². The molecule has 0 aliphatic rings. The van der Waals surface area contributed by atoms with Gasteiger partial charge in [0.05, 0.1) is 17.5 Å². The van der Waals surface area contributed by atoms with E-state index in [2.05, 4.69) is 4.74 Å². The van der Waals surface area contributed by atoms with Crippen LogP contribution in [0.3, 0.4) is 0 Å². The molecule has 1 aromatic rings. The fourth-order valence-electron chi connectivity index (χ4n) is 1.36. The first-order valence-electron chi connectivity index (χ1n) is 4.80. The van der Waals surface area contributed by atoms with E-state index < -0.39 is 18.4 Å². The number of hydrogen-bond donors (Lipinski definition) is 0. The van der Waals surface area contributed by atoms with E-state index in [4.69, 9.17) is 0 Å². The van der Waals surface area contributed by atoms with Crippen LogP contribution in [0.2, 0.25) is 0 Å². The maximum atomic E-state index is 12.0. The van der Waals surface area contributed by atoms with Crippen molar-refractivity contribution in [1.82, 2.24) is 0 Å². The zero-order valence-corrected chi connectivity index (χ0v) is 13.4. The Morgan fingerprint density at radius 3 is 2.28 bits per heavy atom. The Kier molecular flexibility index (Phi) is 6.87. The van der Waals surface area contributed by atoms with Gasteiger partial charge in [-0.25, -0.2) is 0 Å². The quantitative estimate of drug-likeness (QED) is 0.444. The van der Waals surface area contributed by atoms with Crippen molar-refractivity contribution in [1.29, 1.82) is 0 Å². The molecular weight excluding hydrogens is 277 g/mol. The zero-order chi connectivity index (χ0) is 13.2. The van der Waals surface area contributed by atoms with E-state index in [1.165, 1.54) is 19.9 Å². The third kappa shape index (κ3) is 5.27. The topological polar surface area (TPSA) is 52.4 Å². The van der Waals surface area contributed by atoms with Crippen LogP contribution >= 0.6 is 0 Å². The summed E-state index contributed by atoms with van der Waals surface area (Å²) in [6, 6.07) is 2.45. The molecular formula is C9H10BF3KNO3. The number of rotatable bonds is 4. The van der Waals surface area contributed by atoms with Crippen molar-refractivity contribution < 1.29 is 74.0 Å². The molecule has 0 heterocycles. The Hall–Kier alpha value is -0.0887. The van der Waals surface area contributed by atoms with Crippen LogP contribution in [0.1, 0.15) is 11.1 Å². The van der Waals surface area contributed by atoms with Crippen LogP contribution in [0.25, 0.3) is 0 Å². The second-order valence-corrected chi connectivity index (χ2v) is 3.68. The molecule has 0 spiro atoms. The van der Waals surface area contributed by atoms with Crippen LogP contribution in [0, 0.1) is 24.0 Å². The Morgan fingerprint density at radius 2 is 1.83 bits per heavy atom. The van der Waals surface area contributed by atoms with Crippen molar-refractivity contribution in [2.24, 2.45) is 0 Å². The average Bonchev–Trinajstić information content (AvgIpc) is 2.14. The van der Waals surface area contributed by atoms with Crippen molar-refractivity contribution >= 4 is 12.7 Å². The predicted molar refractivity (Wildman–Crippen MR) is 57.1 cm³/mol. The Labute approximate surface area is 145 Å². The Balaban J connectivity index is 0.00000289. The minimum absolute atomic E-state index is 0. The zero-order valence-electron chi connectivity index (χ0n) is 10.2. The van der Waals surface area contributed by atoms with Gasteiger partial charge in [-0.1, -0.05) is 0 Å². The molecule has 0 radical (unpaired) electrons. The van der Waals surface area contributed by atoms with Crippen molar-refractivity contribution in [3.8, 4) is 5.75 Å². The summed E-state index contributed by atoms with van der Waals surface area (Å²) in [5.74, 6) is -0.110. The number of nitro benzene ring substituents is 1. The van der Waals surface area contributed by atoms with Gasteiger partial charge in [-0.05, 0) is 25.5 Å². The van der Waals surface area contributed by atoms with Gasteiger partial charge < -0.3 is 17.7 Å². The van der Waals surface area contributed by atoms with E-state index in [1.807, 2.05) is 0 Å². The fourth-order valence-corrected chi connectivity index (χ4v) is 1.36. The Morgan fingerprint density at radius 1 is 1.28 bits per heavy atom. The second-order valence-electron chi connectivity index (χ2n) is 3.68. The maximum Gasteiger partial charge on any atom is 1.00 e. The van der Waals surface area contributed by atoms with Gasteiger partial charge in [-0.2, -0.15) is 0 Å². The van der Waals surface area contributed by atoms with Gasteiger partial charge in [0.1, 0.15) is 5.75 Å². The Bertz CT molecular complexity index is 453. The van der Waals surface area contributed by atoms with Gasteiger partial charge >= 0.3 is 58.4 Å². The largest absolute Gasteiger partial charge is 1.00 e. The van der Waals surface area contributed by atoms with E-state index >= 15 is 0 Å². The number of benzene rings is 1. The molecule has 0 saturated carbocycles. The summed E-state index contributed by atoms with van der Waals surface area (Å²) in [7, 11) is 0. The first kappa shape index (κ1) is 17.9. The molecule has 1 aromatic carbocycles. The molecule has 4 nitrogen and oxygen atoms in total. The minimum Gasteiger partial charge on any atom is -0.521 e. The number of halogens is 3. The smallest absolute Gasteiger partial charge is 0.521 e. The first-order valence-corrected chi connectivity index (χ1v) is 4.80. The number of aryl methyl sites for hydroxylation is 2. The molecule has 18 heavy (non-hydrogen) atoms. The molecule has 0 aliphatic carbocycles. The SMILES string of the molecule is Cc1cc(C)c([N+](=O)[O-])cc1OC[B-](F)(F)F.[K+]. The van der Waals surface area contributed by atoms with Gasteiger partial charge in [0.25, 0.3) is 5.69 Å². The van der Waals surface area contributed by atoms with Crippen LogP contribution in [0.5, 0.6) is 5.75 Å². The molecule has 0 atom stereocenters. The van der Waals surface area contributed by atoms with Gasteiger partial charge in [0, 0.05) is 5.56 Å². The predicted octanol–water partition coefficient (Wildman–Crippen LogP) is -0.0190. The normalized spacial score (nSPS) is 10.7. The van der Waals surface area contributed by atoms with Gasteiger partial charge in [0.15, 0.2) is 0 Å². The van der Waals surface area contributed by atoms with Crippen LogP contribution in [0.4, 0.5) is 18.6 Å². The molecule has 0 aliphatic heterocycles.